The van der Waals surface area contributed by atoms with Crippen molar-refractivity contribution in [3.05, 3.63) is 35.2 Å². The van der Waals surface area contributed by atoms with E-state index in [2.05, 4.69) is 31.5 Å². The molecule has 2 N–H and O–H groups in total. The number of nitrogens with two attached hydrogens (primary N) is 1. The van der Waals surface area contributed by atoms with Crippen LogP contribution in [0.15, 0.2) is 29.6 Å². The van der Waals surface area contributed by atoms with Crippen LogP contribution >= 0.6 is 11.3 Å². The lowest BCUT2D eigenvalue weighted by molar-refractivity contribution is -0.147. The number of hydrogen-bond acceptors (Lipinski definition) is 8. The number of methoxy groups -OCH3 is 2. The van der Waals surface area contributed by atoms with Gasteiger partial charge in [0.2, 0.25) is 0 Å². The molecule has 10 nitrogen and oxygen atoms in total. The van der Waals surface area contributed by atoms with Crippen LogP contribution in [0.3, 0.4) is 0 Å². The van der Waals surface area contributed by atoms with Crippen LogP contribution < -0.4 is 10.5 Å². The number of nitrogens with zero attached hydrogens (tertiary/aromatic N) is 5. The average molecular weight is 619 g/mol. The fourth-order valence-corrected chi connectivity index (χ4v) is 7.91. The van der Waals surface area contributed by atoms with Crippen molar-refractivity contribution >= 4 is 44.5 Å². The topological polar surface area (TPSA) is 108 Å². The Labute approximate surface area is 261 Å². The van der Waals surface area contributed by atoms with Gasteiger partial charge in [-0.15, -0.1) is 11.3 Å². The Morgan fingerprint density at radius 1 is 1.02 bits per heavy atom. The Kier molecular flexibility index (Phi) is 8.11. The quantitative estimate of drug-likeness (QED) is 0.274. The van der Waals surface area contributed by atoms with E-state index >= 15 is 0 Å². The molecule has 1 aliphatic carbocycles. The number of imidazole rings is 1. The minimum Gasteiger partial charge on any atom is -0.494 e. The van der Waals surface area contributed by atoms with Crippen LogP contribution in [0.25, 0.3) is 32.8 Å². The van der Waals surface area contributed by atoms with E-state index in [9.17, 15) is 9.59 Å². The van der Waals surface area contributed by atoms with Crippen molar-refractivity contribution in [3.8, 4) is 17.3 Å². The summed E-state index contributed by atoms with van der Waals surface area (Å²) in [6, 6.07) is 8.26. The van der Waals surface area contributed by atoms with Crippen LogP contribution in [-0.4, -0.2) is 88.8 Å². The summed E-state index contributed by atoms with van der Waals surface area (Å²) < 4.78 is 15.7. The third-order valence-corrected chi connectivity index (χ3v) is 10.6. The second-order valence-corrected chi connectivity index (χ2v) is 13.6. The van der Waals surface area contributed by atoms with Crippen LogP contribution in [0.5, 0.6) is 5.75 Å². The van der Waals surface area contributed by atoms with Gasteiger partial charge in [0, 0.05) is 49.7 Å². The summed E-state index contributed by atoms with van der Waals surface area (Å²) in [6.45, 7) is 5.50. The zero-order valence-electron chi connectivity index (χ0n) is 25.7. The molecule has 2 aliphatic heterocycles. The number of carbonyl (C=O) groups is 2. The van der Waals surface area contributed by atoms with Crippen molar-refractivity contribution in [3.63, 3.8) is 0 Å². The number of amides is 1. The minimum absolute atomic E-state index is 0.00921. The molecule has 1 saturated carbocycles. The van der Waals surface area contributed by atoms with Crippen molar-refractivity contribution in [2.24, 2.45) is 17.6 Å². The minimum atomic E-state index is -0.106. The maximum absolute atomic E-state index is 13.7. The predicted molar refractivity (Wildman–Crippen MR) is 172 cm³/mol. The summed E-state index contributed by atoms with van der Waals surface area (Å²) in [5.41, 5.74) is 9.57. The lowest BCUT2D eigenvalue weighted by Crippen LogP contribution is -2.45. The van der Waals surface area contributed by atoms with E-state index in [0.717, 1.165) is 74.4 Å². The van der Waals surface area contributed by atoms with Crippen molar-refractivity contribution in [2.75, 3.05) is 46.9 Å². The molecule has 4 aromatic rings. The summed E-state index contributed by atoms with van der Waals surface area (Å²) in [6.07, 6.45) is 6.00. The molecule has 44 heavy (non-hydrogen) atoms. The number of carbonyl (C=O) groups excluding carboxylic acids is 2. The van der Waals surface area contributed by atoms with Gasteiger partial charge in [0.25, 0.3) is 5.91 Å². The molecule has 5 heterocycles. The first kappa shape index (κ1) is 29.3. The Bertz CT molecular complexity index is 1680. The first-order valence-corrected chi connectivity index (χ1v) is 16.8. The smallest absolute Gasteiger partial charge is 0.308 e. The molecule has 234 valence electrons. The second kappa shape index (κ2) is 12.2. The molecule has 1 atom stereocenters. The monoisotopic (exact) mass is 618 g/mol. The van der Waals surface area contributed by atoms with E-state index in [1.807, 2.05) is 17.0 Å². The molecule has 3 aliphatic rings. The number of fused-ring (bicyclic) bond motifs is 2. The first-order chi connectivity index (χ1) is 21.4. The number of likely N-dealkylation sites (tertiary alicyclic amines) is 2. The van der Waals surface area contributed by atoms with Crippen molar-refractivity contribution in [1.82, 2.24) is 23.9 Å². The SMILES string of the molecule is COC(=O)C1CCN(CCn2c(-c3cc4ccsc4n3CC3CC3)nc3cc(C(=O)N4CCC[C@@H](N)C4)cc(OC)c32)CC1. The van der Waals surface area contributed by atoms with Crippen LogP contribution in [0.1, 0.15) is 48.9 Å². The molecule has 1 amide bonds. The number of thiophene rings is 1. The van der Waals surface area contributed by atoms with E-state index in [4.69, 9.17) is 20.2 Å². The first-order valence-electron chi connectivity index (χ1n) is 15.9. The van der Waals surface area contributed by atoms with Gasteiger partial charge in [0.15, 0.2) is 5.82 Å². The summed E-state index contributed by atoms with van der Waals surface area (Å²) in [7, 11) is 3.14. The molecule has 7 rings (SSSR count). The molecular weight excluding hydrogens is 576 g/mol. The molecule has 11 heteroatoms. The number of rotatable bonds is 9. The summed E-state index contributed by atoms with van der Waals surface area (Å²) in [5, 5.41) is 3.39. The van der Waals surface area contributed by atoms with Gasteiger partial charge in [-0.05, 0) is 87.2 Å². The standard InChI is InChI=1S/C33H42N6O4S/c1-42-28-18-24(31(40)37-10-3-4-25(34)20-37)16-26-29(28)38(14-13-36-11-7-22(8-12-36)33(41)43-2)30(35-26)27-17-23-9-15-44-32(23)39(27)19-21-5-6-21/h9,15-18,21-22,25H,3-8,10-14,19-20,34H2,1-2H3/t25-/m1/s1. The zero-order chi connectivity index (χ0) is 30.4. The molecule has 0 radical (unpaired) electrons. The van der Waals surface area contributed by atoms with E-state index in [0.29, 0.717) is 36.9 Å². The fourth-order valence-electron chi connectivity index (χ4n) is 7.00. The van der Waals surface area contributed by atoms with Gasteiger partial charge in [-0.2, -0.15) is 0 Å². The highest BCUT2D eigenvalue weighted by atomic mass is 32.1. The Balaban J connectivity index is 1.28. The summed E-state index contributed by atoms with van der Waals surface area (Å²) in [5.74, 6) is 2.10. The maximum Gasteiger partial charge on any atom is 0.308 e. The number of hydrogen-bond donors (Lipinski definition) is 1. The summed E-state index contributed by atoms with van der Waals surface area (Å²) in [4.78, 5) is 36.6. The number of ether oxygens (including phenoxy) is 2. The highest BCUT2D eigenvalue weighted by Crippen LogP contribution is 2.39. The van der Waals surface area contributed by atoms with Gasteiger partial charge < -0.3 is 34.1 Å². The highest BCUT2D eigenvalue weighted by molar-refractivity contribution is 7.16. The predicted octanol–water partition coefficient (Wildman–Crippen LogP) is 4.59. The molecule has 2 saturated heterocycles. The van der Waals surface area contributed by atoms with Gasteiger partial charge in [-0.3, -0.25) is 9.59 Å². The third kappa shape index (κ3) is 5.61. The maximum atomic E-state index is 13.7. The summed E-state index contributed by atoms with van der Waals surface area (Å²) >= 11 is 1.78. The van der Waals surface area contributed by atoms with E-state index in [1.54, 1.807) is 18.4 Å². The molecule has 0 unspecified atom stereocenters. The van der Waals surface area contributed by atoms with Gasteiger partial charge in [-0.25, -0.2) is 4.98 Å². The molecule has 3 aromatic heterocycles. The number of benzene rings is 1. The van der Waals surface area contributed by atoms with Crippen molar-refractivity contribution < 1.29 is 19.1 Å². The highest BCUT2D eigenvalue weighted by Gasteiger charge is 2.30. The van der Waals surface area contributed by atoms with E-state index in [-0.39, 0.29) is 23.8 Å². The van der Waals surface area contributed by atoms with Crippen molar-refractivity contribution in [1.29, 1.82) is 0 Å². The molecule has 0 spiro atoms. The van der Waals surface area contributed by atoms with Gasteiger partial charge in [0.1, 0.15) is 16.1 Å². The fraction of sp³-hybridized carbons (Fsp3) is 0.545. The Morgan fingerprint density at radius 2 is 1.84 bits per heavy atom. The van der Waals surface area contributed by atoms with Crippen LogP contribution in [0, 0.1) is 11.8 Å². The van der Waals surface area contributed by atoms with E-state index < -0.39 is 0 Å². The van der Waals surface area contributed by atoms with Gasteiger partial charge in [-0.1, -0.05) is 0 Å². The lowest BCUT2D eigenvalue weighted by atomic mass is 9.97. The number of esters is 1. The van der Waals surface area contributed by atoms with Gasteiger partial charge >= 0.3 is 5.97 Å². The lowest BCUT2D eigenvalue weighted by Gasteiger charge is -2.31. The average Bonchev–Trinajstić information content (AvgIpc) is 3.46. The Hall–Kier alpha value is -3.41. The van der Waals surface area contributed by atoms with Crippen LogP contribution in [0.4, 0.5) is 0 Å². The van der Waals surface area contributed by atoms with Crippen LogP contribution in [0.2, 0.25) is 0 Å². The normalized spacial score (nSPS) is 20.1. The molecule has 0 bridgehead atoms. The second-order valence-electron chi connectivity index (χ2n) is 12.7. The largest absolute Gasteiger partial charge is 0.494 e. The molecular formula is C33H42N6O4S. The third-order valence-electron chi connectivity index (χ3n) is 9.65. The Morgan fingerprint density at radius 3 is 2.57 bits per heavy atom. The van der Waals surface area contributed by atoms with Gasteiger partial charge in [0.05, 0.1) is 31.3 Å². The number of aromatic nitrogens is 3. The molecule has 3 fully saturated rings. The number of piperidine rings is 2. The molecule has 1 aromatic carbocycles. The van der Waals surface area contributed by atoms with E-state index in [1.165, 1.54) is 30.2 Å². The van der Waals surface area contributed by atoms with Crippen LogP contribution in [-0.2, 0) is 22.6 Å². The zero-order valence-corrected chi connectivity index (χ0v) is 26.5. The van der Waals surface area contributed by atoms with Crippen molar-refractivity contribution in [2.45, 2.75) is 57.7 Å².